The number of aromatic nitrogens is 2. The van der Waals surface area contributed by atoms with Crippen molar-refractivity contribution in [3.8, 4) is 28.5 Å². The first kappa shape index (κ1) is 16.6. The van der Waals surface area contributed by atoms with Gasteiger partial charge in [0.15, 0.2) is 23.9 Å². The minimum absolute atomic E-state index is 0.0567. The van der Waals surface area contributed by atoms with Crippen LogP contribution in [-0.2, 0) is 0 Å². The number of nitrogens with one attached hydrogen (secondary N) is 1. The van der Waals surface area contributed by atoms with E-state index in [-0.39, 0.29) is 12.4 Å². The number of carbonyl (C=O) groups excluding carboxylic acids is 1. The van der Waals surface area contributed by atoms with E-state index >= 15 is 0 Å². The molecule has 0 aliphatic rings. The predicted octanol–water partition coefficient (Wildman–Crippen LogP) is 3.36. The van der Waals surface area contributed by atoms with Crippen LogP contribution in [0.2, 0.25) is 0 Å². The molecular weight excluding hydrogens is 320 g/mol. The first-order valence-corrected chi connectivity index (χ1v) is 7.68. The van der Waals surface area contributed by atoms with Gasteiger partial charge in [-0.3, -0.25) is 4.79 Å². The van der Waals surface area contributed by atoms with Gasteiger partial charge in [-0.05, 0) is 48.0 Å². The van der Waals surface area contributed by atoms with E-state index in [2.05, 4.69) is 9.97 Å². The molecule has 0 unspecified atom stereocenters. The summed E-state index contributed by atoms with van der Waals surface area (Å²) in [7, 11) is 3.08. The smallest absolute Gasteiger partial charge is 0.200 e. The van der Waals surface area contributed by atoms with Crippen LogP contribution in [0.3, 0.4) is 0 Å². The van der Waals surface area contributed by atoms with Gasteiger partial charge < -0.3 is 19.2 Å². The molecular formula is C19H18N2O4. The average Bonchev–Trinajstić information content (AvgIpc) is 3.20. The summed E-state index contributed by atoms with van der Waals surface area (Å²) in [5.74, 6) is 1.57. The SMILES string of the molecule is COc1ccc(C(=O)COc2ccc(-c3cnc[nH]3)cc2)cc1OC. The lowest BCUT2D eigenvalue weighted by Gasteiger charge is -2.10. The number of benzene rings is 2. The van der Waals surface area contributed by atoms with Crippen LogP contribution in [0.1, 0.15) is 10.4 Å². The Labute approximate surface area is 145 Å². The molecule has 3 aromatic rings. The molecule has 0 radical (unpaired) electrons. The monoisotopic (exact) mass is 338 g/mol. The van der Waals surface area contributed by atoms with Crippen molar-refractivity contribution < 1.29 is 19.0 Å². The number of rotatable bonds is 7. The average molecular weight is 338 g/mol. The summed E-state index contributed by atoms with van der Waals surface area (Å²) < 4.78 is 16.0. The number of ether oxygens (including phenoxy) is 3. The molecule has 1 heterocycles. The van der Waals surface area contributed by atoms with E-state index in [0.717, 1.165) is 11.3 Å². The highest BCUT2D eigenvalue weighted by Crippen LogP contribution is 2.28. The second kappa shape index (κ2) is 7.53. The Bertz CT molecular complexity index is 842. The van der Waals surface area contributed by atoms with Crippen molar-refractivity contribution >= 4 is 5.78 Å². The van der Waals surface area contributed by atoms with Gasteiger partial charge >= 0.3 is 0 Å². The maximum Gasteiger partial charge on any atom is 0.200 e. The van der Waals surface area contributed by atoms with Crippen LogP contribution in [0.25, 0.3) is 11.3 Å². The van der Waals surface area contributed by atoms with Crippen molar-refractivity contribution in [2.45, 2.75) is 0 Å². The molecule has 3 rings (SSSR count). The number of ketones is 1. The molecule has 128 valence electrons. The van der Waals surface area contributed by atoms with E-state index < -0.39 is 0 Å². The molecule has 2 aromatic carbocycles. The number of nitrogens with zero attached hydrogens (tertiary/aromatic N) is 1. The summed E-state index contributed by atoms with van der Waals surface area (Å²) in [5.41, 5.74) is 2.43. The summed E-state index contributed by atoms with van der Waals surface area (Å²) in [4.78, 5) is 19.3. The van der Waals surface area contributed by atoms with Crippen LogP contribution in [0, 0.1) is 0 Å². The highest BCUT2D eigenvalue weighted by Gasteiger charge is 2.11. The van der Waals surface area contributed by atoms with Crippen LogP contribution in [0.5, 0.6) is 17.2 Å². The lowest BCUT2D eigenvalue weighted by molar-refractivity contribution is 0.0921. The Balaban J connectivity index is 1.64. The van der Waals surface area contributed by atoms with E-state index in [1.165, 1.54) is 7.11 Å². The van der Waals surface area contributed by atoms with Crippen molar-refractivity contribution in [3.63, 3.8) is 0 Å². The fraction of sp³-hybridized carbons (Fsp3) is 0.158. The van der Waals surface area contributed by atoms with E-state index in [4.69, 9.17) is 14.2 Å². The summed E-state index contributed by atoms with van der Waals surface area (Å²) >= 11 is 0. The Hall–Kier alpha value is -3.28. The van der Waals surface area contributed by atoms with Crippen molar-refractivity contribution in [3.05, 3.63) is 60.6 Å². The number of Topliss-reactive ketones (excluding diaryl/α,β-unsaturated/α-hetero) is 1. The summed E-state index contributed by atoms with van der Waals surface area (Å²) in [6, 6.07) is 12.5. The molecule has 6 heteroatoms. The van der Waals surface area contributed by atoms with Crippen LogP contribution < -0.4 is 14.2 Å². The predicted molar refractivity (Wildman–Crippen MR) is 93.4 cm³/mol. The first-order chi connectivity index (χ1) is 12.2. The van der Waals surface area contributed by atoms with Crippen LogP contribution >= 0.6 is 0 Å². The minimum Gasteiger partial charge on any atom is -0.493 e. The van der Waals surface area contributed by atoms with Gasteiger partial charge in [0.1, 0.15) is 5.75 Å². The zero-order chi connectivity index (χ0) is 17.6. The molecule has 6 nitrogen and oxygen atoms in total. The van der Waals surface area contributed by atoms with E-state index in [1.54, 1.807) is 37.8 Å². The number of methoxy groups -OCH3 is 2. The number of hydrogen-bond acceptors (Lipinski definition) is 5. The van der Waals surface area contributed by atoms with Crippen molar-refractivity contribution in [1.82, 2.24) is 9.97 Å². The summed E-state index contributed by atoms with van der Waals surface area (Å²) in [6.45, 7) is -0.0567. The molecule has 0 amide bonds. The van der Waals surface area contributed by atoms with Crippen LogP contribution in [0.4, 0.5) is 0 Å². The lowest BCUT2D eigenvalue weighted by atomic mass is 10.1. The molecule has 0 aliphatic carbocycles. The largest absolute Gasteiger partial charge is 0.493 e. The molecule has 0 spiro atoms. The Morgan fingerprint density at radius 3 is 2.44 bits per heavy atom. The van der Waals surface area contributed by atoms with Crippen molar-refractivity contribution in [2.24, 2.45) is 0 Å². The van der Waals surface area contributed by atoms with Gasteiger partial charge in [0.25, 0.3) is 0 Å². The number of carbonyl (C=O) groups is 1. The Morgan fingerprint density at radius 1 is 1.04 bits per heavy atom. The van der Waals surface area contributed by atoms with Gasteiger partial charge in [0.2, 0.25) is 0 Å². The van der Waals surface area contributed by atoms with E-state index in [0.29, 0.717) is 22.8 Å². The summed E-state index contributed by atoms with van der Waals surface area (Å²) in [5, 5.41) is 0. The fourth-order valence-corrected chi connectivity index (χ4v) is 2.39. The fourth-order valence-electron chi connectivity index (χ4n) is 2.39. The molecule has 0 saturated carbocycles. The van der Waals surface area contributed by atoms with Gasteiger partial charge in [-0.25, -0.2) is 4.98 Å². The Morgan fingerprint density at radius 2 is 1.80 bits per heavy atom. The number of hydrogen-bond donors (Lipinski definition) is 1. The Kier molecular flexibility index (Phi) is 4.99. The minimum atomic E-state index is -0.140. The summed E-state index contributed by atoms with van der Waals surface area (Å²) in [6.07, 6.45) is 3.37. The number of aromatic amines is 1. The number of H-pyrrole nitrogens is 1. The molecule has 25 heavy (non-hydrogen) atoms. The molecule has 0 atom stereocenters. The zero-order valence-corrected chi connectivity index (χ0v) is 14.0. The molecule has 0 bridgehead atoms. The van der Waals surface area contributed by atoms with Crippen molar-refractivity contribution in [2.75, 3.05) is 20.8 Å². The third-order valence-corrected chi connectivity index (χ3v) is 3.74. The van der Waals surface area contributed by atoms with Gasteiger partial charge in [-0.1, -0.05) is 0 Å². The van der Waals surface area contributed by atoms with Crippen molar-refractivity contribution in [1.29, 1.82) is 0 Å². The molecule has 1 aromatic heterocycles. The lowest BCUT2D eigenvalue weighted by Crippen LogP contribution is -2.11. The highest BCUT2D eigenvalue weighted by molar-refractivity contribution is 5.97. The van der Waals surface area contributed by atoms with Crippen LogP contribution in [-0.4, -0.2) is 36.6 Å². The topological polar surface area (TPSA) is 73.4 Å². The van der Waals surface area contributed by atoms with E-state index in [9.17, 15) is 4.79 Å². The maximum absolute atomic E-state index is 12.3. The molecule has 0 saturated heterocycles. The second-order valence-electron chi connectivity index (χ2n) is 5.27. The third-order valence-electron chi connectivity index (χ3n) is 3.74. The molecule has 1 N–H and O–H groups in total. The van der Waals surface area contributed by atoms with Gasteiger partial charge in [0, 0.05) is 5.56 Å². The normalized spacial score (nSPS) is 10.3. The molecule has 0 fully saturated rings. The molecule has 0 aliphatic heterocycles. The third kappa shape index (κ3) is 3.80. The number of imidazole rings is 1. The van der Waals surface area contributed by atoms with Crippen LogP contribution in [0.15, 0.2) is 55.0 Å². The standard InChI is InChI=1S/C19H18N2O4/c1-23-18-8-5-14(9-19(18)24-2)17(22)11-25-15-6-3-13(4-7-15)16-10-20-12-21-16/h3-10,12H,11H2,1-2H3,(H,20,21). The second-order valence-corrected chi connectivity index (χ2v) is 5.27. The zero-order valence-electron chi connectivity index (χ0n) is 14.0. The first-order valence-electron chi connectivity index (χ1n) is 7.68. The van der Waals surface area contributed by atoms with Gasteiger partial charge in [-0.15, -0.1) is 0 Å². The maximum atomic E-state index is 12.3. The van der Waals surface area contributed by atoms with E-state index in [1.807, 2.05) is 24.3 Å². The highest BCUT2D eigenvalue weighted by atomic mass is 16.5. The van der Waals surface area contributed by atoms with Gasteiger partial charge in [-0.2, -0.15) is 0 Å². The quantitative estimate of drug-likeness (QED) is 0.669. The van der Waals surface area contributed by atoms with Gasteiger partial charge in [0.05, 0.1) is 32.4 Å².